The van der Waals surface area contributed by atoms with Crippen LogP contribution in [0.2, 0.25) is 0 Å². The summed E-state index contributed by atoms with van der Waals surface area (Å²) < 4.78 is 10.8. The van der Waals surface area contributed by atoms with Gasteiger partial charge in [0, 0.05) is 12.0 Å². The Hall–Kier alpha value is -3.19. The molecule has 0 aromatic heterocycles. The van der Waals surface area contributed by atoms with Gasteiger partial charge in [-0.2, -0.15) is 5.10 Å². The Kier molecular flexibility index (Phi) is 7.86. The molecule has 2 aliphatic heterocycles. The molecule has 0 spiro atoms. The van der Waals surface area contributed by atoms with Gasteiger partial charge in [0.1, 0.15) is 5.75 Å². The molecule has 7 nitrogen and oxygen atoms in total. The summed E-state index contributed by atoms with van der Waals surface area (Å²) >= 11 is 0. The third-order valence-corrected chi connectivity index (χ3v) is 7.07. The number of ether oxygens (including phenoxy) is 2. The Morgan fingerprint density at radius 3 is 2.49 bits per heavy atom. The monoisotopic (exact) mass is 477 g/mol. The number of carbonyl (C=O) groups is 2. The topological polar surface area (TPSA) is 71.4 Å². The van der Waals surface area contributed by atoms with E-state index in [4.69, 9.17) is 14.6 Å². The van der Waals surface area contributed by atoms with Crippen molar-refractivity contribution in [1.29, 1.82) is 0 Å². The molecule has 2 heterocycles. The van der Waals surface area contributed by atoms with Crippen molar-refractivity contribution in [3.05, 3.63) is 64.7 Å². The van der Waals surface area contributed by atoms with Crippen molar-refractivity contribution in [2.45, 2.75) is 46.1 Å². The lowest BCUT2D eigenvalue weighted by atomic mass is 9.95. The number of rotatable bonds is 7. The minimum Gasteiger partial charge on any atom is -0.496 e. The molecular weight excluding hydrogens is 442 g/mol. The largest absolute Gasteiger partial charge is 0.496 e. The van der Waals surface area contributed by atoms with Crippen LogP contribution in [0.5, 0.6) is 5.75 Å². The van der Waals surface area contributed by atoms with E-state index >= 15 is 0 Å². The highest BCUT2D eigenvalue weighted by Gasteiger charge is 2.36. The number of nitrogens with zero attached hydrogens (tertiary/aromatic N) is 3. The van der Waals surface area contributed by atoms with Crippen molar-refractivity contribution in [1.82, 2.24) is 9.91 Å². The normalized spacial score (nSPS) is 18.9. The summed E-state index contributed by atoms with van der Waals surface area (Å²) in [5, 5.41) is 6.48. The average Bonchev–Trinajstić information content (AvgIpc) is 3.32. The zero-order valence-corrected chi connectivity index (χ0v) is 21.1. The summed E-state index contributed by atoms with van der Waals surface area (Å²) in [6, 6.07) is 13.9. The summed E-state index contributed by atoms with van der Waals surface area (Å²) in [4.78, 5) is 27.7. The van der Waals surface area contributed by atoms with E-state index in [0.29, 0.717) is 39.0 Å². The molecule has 0 unspecified atom stereocenters. The second-order valence-electron chi connectivity index (χ2n) is 9.35. The van der Waals surface area contributed by atoms with E-state index in [1.807, 2.05) is 31.2 Å². The molecule has 7 heteroatoms. The first kappa shape index (κ1) is 24.9. The summed E-state index contributed by atoms with van der Waals surface area (Å²) in [5.74, 6) is 0.497. The molecule has 2 aromatic rings. The van der Waals surface area contributed by atoms with Crippen molar-refractivity contribution in [2.24, 2.45) is 11.0 Å². The first-order valence-corrected chi connectivity index (χ1v) is 12.4. The minimum atomic E-state index is -0.229. The summed E-state index contributed by atoms with van der Waals surface area (Å²) in [7, 11) is 1.65. The molecule has 186 valence electrons. The molecule has 0 N–H and O–H groups in total. The number of hydrogen-bond acceptors (Lipinski definition) is 6. The van der Waals surface area contributed by atoms with Gasteiger partial charge in [-0.1, -0.05) is 30.3 Å². The van der Waals surface area contributed by atoms with Gasteiger partial charge in [0.05, 0.1) is 37.9 Å². The van der Waals surface area contributed by atoms with Crippen LogP contribution in [-0.4, -0.2) is 60.8 Å². The van der Waals surface area contributed by atoms with Crippen LogP contribution in [0.25, 0.3) is 0 Å². The number of aryl methyl sites for hydroxylation is 2. The van der Waals surface area contributed by atoms with Gasteiger partial charge in [-0.05, 0) is 75.5 Å². The number of hydrazone groups is 1. The third-order valence-electron chi connectivity index (χ3n) is 7.07. The van der Waals surface area contributed by atoms with Crippen LogP contribution in [0.3, 0.4) is 0 Å². The second kappa shape index (κ2) is 11.0. The highest BCUT2D eigenvalue weighted by molar-refractivity contribution is 6.03. The predicted octanol–water partition coefficient (Wildman–Crippen LogP) is 4.26. The van der Waals surface area contributed by atoms with Gasteiger partial charge >= 0.3 is 5.97 Å². The number of esters is 1. The van der Waals surface area contributed by atoms with Crippen LogP contribution in [0.4, 0.5) is 0 Å². The number of para-hydroxylation sites is 1. The molecule has 4 rings (SSSR count). The fourth-order valence-electron chi connectivity index (χ4n) is 4.87. The van der Waals surface area contributed by atoms with Crippen molar-refractivity contribution >= 4 is 17.6 Å². The van der Waals surface area contributed by atoms with Crippen LogP contribution in [0, 0.1) is 19.8 Å². The van der Waals surface area contributed by atoms with E-state index in [9.17, 15) is 9.59 Å². The predicted molar refractivity (Wildman–Crippen MR) is 135 cm³/mol. The van der Waals surface area contributed by atoms with Gasteiger partial charge in [-0.15, -0.1) is 0 Å². The maximum atomic E-state index is 13.6. The molecule has 1 saturated heterocycles. The Labute approximate surface area is 207 Å². The minimum absolute atomic E-state index is 0.0469. The lowest BCUT2D eigenvalue weighted by Crippen LogP contribution is -2.43. The lowest BCUT2D eigenvalue weighted by molar-refractivity contribution is -0.149. The highest BCUT2D eigenvalue weighted by Crippen LogP contribution is 2.37. The number of benzene rings is 2. The van der Waals surface area contributed by atoms with Gasteiger partial charge in [0.15, 0.2) is 0 Å². The fraction of sp³-hybridized carbons (Fsp3) is 0.464. The van der Waals surface area contributed by atoms with Crippen molar-refractivity contribution in [3.8, 4) is 5.75 Å². The Balaban J connectivity index is 1.54. The van der Waals surface area contributed by atoms with Crippen LogP contribution in [0.15, 0.2) is 47.6 Å². The molecule has 1 atom stereocenters. The van der Waals surface area contributed by atoms with Gasteiger partial charge < -0.3 is 9.47 Å². The van der Waals surface area contributed by atoms with E-state index in [-0.39, 0.29) is 30.4 Å². The van der Waals surface area contributed by atoms with Crippen LogP contribution in [0.1, 0.15) is 54.5 Å². The fourth-order valence-corrected chi connectivity index (χ4v) is 4.87. The first-order valence-electron chi connectivity index (χ1n) is 12.4. The van der Waals surface area contributed by atoms with E-state index in [2.05, 4.69) is 36.9 Å². The molecule has 1 fully saturated rings. The molecule has 0 radical (unpaired) electrons. The maximum absolute atomic E-state index is 13.6. The molecule has 1 amide bonds. The highest BCUT2D eigenvalue weighted by atomic mass is 16.5. The number of piperidine rings is 1. The molecule has 2 aliphatic rings. The summed E-state index contributed by atoms with van der Waals surface area (Å²) in [5.41, 5.74) is 5.32. The number of methoxy groups -OCH3 is 1. The molecule has 35 heavy (non-hydrogen) atoms. The van der Waals surface area contributed by atoms with E-state index < -0.39 is 0 Å². The summed E-state index contributed by atoms with van der Waals surface area (Å²) in [6.07, 6.45) is 2.04. The number of carbonyl (C=O) groups excluding carboxylic acids is 2. The first-order chi connectivity index (χ1) is 16.9. The SMILES string of the molecule is CCOC(=O)C1CCN(CC(=O)N2N=C(c3ccc(C)c(C)c3)C[C@@H]2c2ccccc2OC)CC1. The van der Waals surface area contributed by atoms with Crippen molar-refractivity contribution in [3.63, 3.8) is 0 Å². The second-order valence-corrected chi connectivity index (χ2v) is 9.35. The van der Waals surface area contributed by atoms with E-state index in [1.54, 1.807) is 12.1 Å². The maximum Gasteiger partial charge on any atom is 0.309 e. The molecule has 0 bridgehead atoms. The summed E-state index contributed by atoms with van der Waals surface area (Å²) in [6.45, 7) is 8.06. The van der Waals surface area contributed by atoms with Crippen LogP contribution in [-0.2, 0) is 14.3 Å². The average molecular weight is 478 g/mol. The number of hydrogen-bond donors (Lipinski definition) is 0. The van der Waals surface area contributed by atoms with Gasteiger partial charge in [0.2, 0.25) is 0 Å². The third kappa shape index (κ3) is 5.56. The Morgan fingerprint density at radius 1 is 1.06 bits per heavy atom. The Bertz CT molecular complexity index is 1110. The smallest absolute Gasteiger partial charge is 0.309 e. The van der Waals surface area contributed by atoms with E-state index in [0.717, 1.165) is 22.6 Å². The molecular formula is C28H35N3O4. The quantitative estimate of drug-likeness (QED) is 0.557. The zero-order valence-electron chi connectivity index (χ0n) is 21.1. The van der Waals surface area contributed by atoms with Crippen molar-refractivity contribution < 1.29 is 19.1 Å². The molecule has 0 saturated carbocycles. The van der Waals surface area contributed by atoms with E-state index in [1.165, 1.54) is 11.1 Å². The van der Waals surface area contributed by atoms with Crippen LogP contribution >= 0.6 is 0 Å². The molecule has 2 aromatic carbocycles. The van der Waals surface area contributed by atoms with Gasteiger partial charge in [-0.25, -0.2) is 5.01 Å². The lowest BCUT2D eigenvalue weighted by Gasteiger charge is -2.32. The zero-order chi connectivity index (χ0) is 24.9. The van der Waals surface area contributed by atoms with Gasteiger partial charge in [-0.3, -0.25) is 14.5 Å². The number of amides is 1. The number of likely N-dealkylation sites (tertiary alicyclic amines) is 1. The van der Waals surface area contributed by atoms with Crippen molar-refractivity contribution in [2.75, 3.05) is 33.4 Å². The van der Waals surface area contributed by atoms with Gasteiger partial charge in [0.25, 0.3) is 5.91 Å². The van der Waals surface area contributed by atoms with Crippen LogP contribution < -0.4 is 4.74 Å². The molecule has 0 aliphatic carbocycles. The Morgan fingerprint density at radius 2 is 1.80 bits per heavy atom. The standard InChI is InChI=1S/C28H35N3O4/c1-5-35-28(33)21-12-14-30(15-13-21)18-27(32)31-25(23-8-6-7-9-26(23)34-4)17-24(29-31)22-11-10-19(2)20(3)16-22/h6-11,16,21,25H,5,12-15,17-18H2,1-4H3/t25-/m1/s1.